The van der Waals surface area contributed by atoms with Gasteiger partial charge in [-0.25, -0.2) is 0 Å². The maximum absolute atomic E-state index is 9.12. The monoisotopic (exact) mass is 180 g/mol. The second-order valence-electron chi connectivity index (χ2n) is 2.65. The first-order valence-corrected chi connectivity index (χ1v) is 4.50. The van der Waals surface area contributed by atoms with Gasteiger partial charge in [-0.15, -0.1) is 11.8 Å². The molecule has 11 heavy (non-hydrogen) atoms. The van der Waals surface area contributed by atoms with Gasteiger partial charge in [0.25, 0.3) is 0 Å². The molecule has 1 aliphatic rings. The smallest absolute Gasteiger partial charge is 0.107 e. The van der Waals surface area contributed by atoms with Gasteiger partial charge in [0.05, 0.1) is 12.2 Å². The highest BCUT2D eigenvalue weighted by Gasteiger charge is 2.30. The van der Waals surface area contributed by atoms with Crippen LogP contribution in [0, 0.1) is 0 Å². The fourth-order valence-electron chi connectivity index (χ4n) is 0.979. The van der Waals surface area contributed by atoms with Crippen molar-refractivity contribution in [3.63, 3.8) is 0 Å². The van der Waals surface area contributed by atoms with Crippen molar-refractivity contribution in [2.45, 2.75) is 30.2 Å². The van der Waals surface area contributed by atoms with Gasteiger partial charge in [0.1, 0.15) is 11.5 Å². The van der Waals surface area contributed by atoms with Crippen LogP contribution in [0.15, 0.2) is 0 Å². The van der Waals surface area contributed by atoms with E-state index in [2.05, 4.69) is 0 Å². The average Bonchev–Trinajstić information content (AvgIpc) is 2.05. The number of thioether (sulfide) groups is 1. The highest BCUT2D eigenvalue weighted by molar-refractivity contribution is 7.99. The van der Waals surface area contributed by atoms with Crippen molar-refractivity contribution in [3.05, 3.63) is 0 Å². The molecule has 0 aromatic heterocycles. The van der Waals surface area contributed by atoms with E-state index >= 15 is 0 Å². The van der Waals surface area contributed by atoms with Crippen LogP contribution in [-0.4, -0.2) is 49.9 Å². The van der Waals surface area contributed by atoms with E-state index in [9.17, 15) is 0 Å². The molecule has 0 aliphatic carbocycles. The second-order valence-corrected chi connectivity index (χ2v) is 3.86. The van der Waals surface area contributed by atoms with Gasteiger partial charge in [0, 0.05) is 12.2 Å². The minimum Gasteiger partial charge on any atom is -0.390 e. The maximum Gasteiger partial charge on any atom is 0.107 e. The normalized spacial score (nSPS) is 46.9. The van der Waals surface area contributed by atoms with Gasteiger partial charge in [-0.2, -0.15) is 0 Å². The van der Waals surface area contributed by atoms with Crippen LogP contribution < -0.4 is 0 Å². The van der Waals surface area contributed by atoms with Gasteiger partial charge >= 0.3 is 0 Å². The van der Waals surface area contributed by atoms with Crippen LogP contribution in [0.25, 0.3) is 0 Å². The maximum atomic E-state index is 9.12. The van der Waals surface area contributed by atoms with E-state index in [0.29, 0.717) is 0 Å². The van der Waals surface area contributed by atoms with Gasteiger partial charge in [-0.1, -0.05) is 0 Å². The van der Waals surface area contributed by atoms with Gasteiger partial charge in [0.2, 0.25) is 0 Å². The zero-order valence-electron chi connectivity index (χ0n) is 5.92. The summed E-state index contributed by atoms with van der Waals surface area (Å²) in [7, 11) is 0. The summed E-state index contributed by atoms with van der Waals surface area (Å²) < 4.78 is 0. The van der Waals surface area contributed by atoms with Gasteiger partial charge in [0.15, 0.2) is 0 Å². The summed E-state index contributed by atoms with van der Waals surface area (Å²) in [5, 5.41) is 36.4. The van der Waals surface area contributed by atoms with Crippen molar-refractivity contribution in [1.82, 2.24) is 0 Å². The van der Waals surface area contributed by atoms with Crippen molar-refractivity contribution >= 4 is 11.8 Å². The molecule has 4 atom stereocenters. The van der Waals surface area contributed by atoms with E-state index in [-0.39, 0.29) is 12.2 Å². The average molecular weight is 180 g/mol. The second kappa shape index (κ2) is 3.73. The zero-order valence-corrected chi connectivity index (χ0v) is 6.74. The van der Waals surface area contributed by atoms with E-state index < -0.39 is 23.7 Å². The highest BCUT2D eigenvalue weighted by atomic mass is 32.2. The van der Waals surface area contributed by atoms with E-state index in [4.69, 9.17) is 20.4 Å². The van der Waals surface area contributed by atoms with Crippen molar-refractivity contribution in [1.29, 1.82) is 0 Å². The molecule has 0 aromatic rings. The van der Waals surface area contributed by atoms with Crippen LogP contribution >= 0.6 is 11.8 Å². The minimum atomic E-state index is -1.13. The van der Waals surface area contributed by atoms with Crippen LogP contribution in [-0.2, 0) is 0 Å². The third-order valence-electron chi connectivity index (χ3n) is 1.69. The van der Waals surface area contributed by atoms with Gasteiger partial charge in [-0.05, 0) is 0 Å². The molecule has 5 heteroatoms. The predicted octanol–water partition coefficient (Wildman–Crippen LogP) is -1.48. The SMILES string of the molecule is OC1CC(O)C(O)C(O)CS1. The Morgan fingerprint density at radius 2 is 1.64 bits per heavy atom. The number of hydrogen-bond donors (Lipinski definition) is 4. The Morgan fingerprint density at radius 1 is 1.00 bits per heavy atom. The number of rotatable bonds is 0. The standard InChI is InChI=1S/C6H12O4S/c7-3-1-5(9)11-2-4(8)6(3)10/h3-10H,1-2H2. The summed E-state index contributed by atoms with van der Waals surface area (Å²) in [4.78, 5) is 0. The zero-order chi connectivity index (χ0) is 8.43. The quantitative estimate of drug-likeness (QED) is 0.366. The lowest BCUT2D eigenvalue weighted by Crippen LogP contribution is -2.37. The molecular weight excluding hydrogens is 168 g/mol. The molecule has 1 heterocycles. The Labute approximate surface area is 68.9 Å². The Bertz CT molecular complexity index is 132. The summed E-state index contributed by atoms with van der Waals surface area (Å²) in [5.41, 5.74) is -0.684. The molecular formula is C6H12O4S. The Balaban J connectivity index is 2.53. The molecule has 4 nitrogen and oxygen atoms in total. The summed E-state index contributed by atoms with van der Waals surface area (Å²) >= 11 is 1.14. The van der Waals surface area contributed by atoms with E-state index in [0.717, 1.165) is 11.8 Å². The predicted molar refractivity (Wildman–Crippen MR) is 41.1 cm³/mol. The van der Waals surface area contributed by atoms with Gasteiger partial charge in [-0.3, -0.25) is 0 Å². The lowest BCUT2D eigenvalue weighted by atomic mass is 10.1. The molecule has 1 rings (SSSR count). The molecule has 1 saturated heterocycles. The molecule has 0 bridgehead atoms. The topological polar surface area (TPSA) is 80.9 Å². The fraction of sp³-hybridized carbons (Fsp3) is 1.00. The van der Waals surface area contributed by atoms with Crippen molar-refractivity contribution in [3.8, 4) is 0 Å². The molecule has 0 aromatic carbocycles. The molecule has 0 saturated carbocycles. The summed E-state index contributed by atoms with van der Waals surface area (Å²) in [6.45, 7) is 0. The molecule has 66 valence electrons. The molecule has 4 unspecified atom stereocenters. The number of hydrogen-bond acceptors (Lipinski definition) is 5. The molecule has 0 radical (unpaired) electrons. The molecule has 1 fully saturated rings. The van der Waals surface area contributed by atoms with Crippen LogP contribution in [0.2, 0.25) is 0 Å². The summed E-state index contributed by atoms with van der Waals surface area (Å²) in [5.74, 6) is 0.263. The molecule has 4 N–H and O–H groups in total. The Hall–Kier alpha value is 0.190. The van der Waals surface area contributed by atoms with Crippen LogP contribution in [0.5, 0.6) is 0 Å². The summed E-state index contributed by atoms with van der Waals surface area (Å²) in [6.07, 6.45) is -2.97. The summed E-state index contributed by atoms with van der Waals surface area (Å²) in [6, 6.07) is 0. The van der Waals surface area contributed by atoms with E-state index in [1.807, 2.05) is 0 Å². The van der Waals surface area contributed by atoms with E-state index in [1.54, 1.807) is 0 Å². The third-order valence-corrected chi connectivity index (χ3v) is 2.80. The van der Waals surface area contributed by atoms with Crippen LogP contribution in [0.1, 0.15) is 6.42 Å². The lowest BCUT2D eigenvalue weighted by Gasteiger charge is -2.18. The number of aliphatic hydroxyl groups excluding tert-OH is 4. The molecule has 0 amide bonds. The van der Waals surface area contributed by atoms with Crippen molar-refractivity contribution < 1.29 is 20.4 Å². The largest absolute Gasteiger partial charge is 0.390 e. The Kier molecular flexibility index (Phi) is 3.15. The highest BCUT2D eigenvalue weighted by Crippen LogP contribution is 2.23. The Morgan fingerprint density at radius 3 is 2.27 bits per heavy atom. The van der Waals surface area contributed by atoms with Gasteiger partial charge < -0.3 is 20.4 Å². The van der Waals surface area contributed by atoms with Crippen LogP contribution in [0.4, 0.5) is 0 Å². The third kappa shape index (κ3) is 2.31. The fourth-order valence-corrected chi connectivity index (χ4v) is 1.93. The van der Waals surface area contributed by atoms with E-state index in [1.165, 1.54) is 0 Å². The minimum absolute atomic E-state index is 0.114. The molecule has 0 spiro atoms. The molecule has 1 aliphatic heterocycles. The van der Waals surface area contributed by atoms with Crippen molar-refractivity contribution in [2.24, 2.45) is 0 Å². The first kappa shape index (κ1) is 9.28. The first-order valence-electron chi connectivity index (χ1n) is 3.45. The number of aliphatic hydroxyl groups is 4. The first-order chi connectivity index (χ1) is 5.11. The lowest BCUT2D eigenvalue weighted by molar-refractivity contribution is -0.0552. The van der Waals surface area contributed by atoms with Crippen LogP contribution in [0.3, 0.4) is 0 Å². The van der Waals surface area contributed by atoms with Crippen molar-refractivity contribution in [2.75, 3.05) is 5.75 Å².